The second-order valence-electron chi connectivity index (χ2n) is 5.58. The van der Waals surface area contributed by atoms with Gasteiger partial charge >= 0.3 is 18.4 Å². The van der Waals surface area contributed by atoms with E-state index >= 15 is 0 Å². The SMILES string of the molecule is CCC(NC(=O)OC1CCCCC1C)(C(F)(F)F)C(F)(F)F. The Hall–Kier alpha value is -1.15. The molecule has 3 nitrogen and oxygen atoms in total. The molecule has 1 aliphatic carbocycles. The number of hydrogen-bond acceptors (Lipinski definition) is 2. The van der Waals surface area contributed by atoms with E-state index in [0.29, 0.717) is 13.3 Å². The van der Waals surface area contributed by atoms with Crippen molar-refractivity contribution < 1.29 is 35.9 Å². The van der Waals surface area contributed by atoms with E-state index in [0.717, 1.165) is 24.6 Å². The zero-order valence-electron chi connectivity index (χ0n) is 12.3. The predicted octanol–water partition coefficient (Wildman–Crippen LogP) is 4.56. The molecule has 130 valence electrons. The molecular formula is C13H19F6NO2. The monoisotopic (exact) mass is 335 g/mol. The van der Waals surface area contributed by atoms with Crippen molar-refractivity contribution in [2.75, 3.05) is 0 Å². The Balaban J connectivity index is 2.88. The Kier molecular flexibility index (Phi) is 5.61. The molecule has 0 aliphatic heterocycles. The summed E-state index contributed by atoms with van der Waals surface area (Å²) in [6.45, 7) is 2.46. The zero-order valence-corrected chi connectivity index (χ0v) is 12.3. The van der Waals surface area contributed by atoms with Gasteiger partial charge in [-0.05, 0) is 31.6 Å². The van der Waals surface area contributed by atoms with Crippen molar-refractivity contribution in [1.29, 1.82) is 0 Å². The quantitative estimate of drug-likeness (QED) is 0.768. The zero-order chi connectivity index (χ0) is 17.2. The van der Waals surface area contributed by atoms with Crippen LogP contribution in [0.2, 0.25) is 0 Å². The highest BCUT2D eigenvalue weighted by Gasteiger charge is 2.71. The molecule has 1 saturated carbocycles. The van der Waals surface area contributed by atoms with Crippen molar-refractivity contribution in [1.82, 2.24) is 5.32 Å². The summed E-state index contributed by atoms with van der Waals surface area (Å²) in [5.41, 5.74) is -4.30. The first-order chi connectivity index (χ1) is 9.94. The van der Waals surface area contributed by atoms with Gasteiger partial charge in [0.25, 0.3) is 0 Å². The number of hydrogen-bond donors (Lipinski definition) is 1. The summed E-state index contributed by atoms with van der Waals surface area (Å²) in [5.74, 6) is -0.0905. The van der Waals surface area contributed by atoms with Crippen LogP contribution in [0.15, 0.2) is 0 Å². The molecule has 1 amide bonds. The number of amides is 1. The Bertz CT molecular complexity index is 379. The van der Waals surface area contributed by atoms with Crippen LogP contribution in [-0.2, 0) is 4.74 Å². The van der Waals surface area contributed by atoms with Gasteiger partial charge in [-0.15, -0.1) is 0 Å². The van der Waals surface area contributed by atoms with Crippen LogP contribution >= 0.6 is 0 Å². The predicted molar refractivity (Wildman–Crippen MR) is 66.2 cm³/mol. The van der Waals surface area contributed by atoms with Gasteiger partial charge in [0.15, 0.2) is 0 Å². The van der Waals surface area contributed by atoms with Crippen LogP contribution in [-0.4, -0.2) is 30.1 Å². The molecule has 1 aliphatic rings. The number of nitrogens with one attached hydrogen (secondary N) is 1. The molecular weight excluding hydrogens is 316 g/mol. The second-order valence-corrected chi connectivity index (χ2v) is 5.58. The van der Waals surface area contributed by atoms with Gasteiger partial charge < -0.3 is 4.74 Å². The average Bonchev–Trinajstić information content (AvgIpc) is 2.35. The Morgan fingerprint density at radius 2 is 1.59 bits per heavy atom. The number of carbonyl (C=O) groups excluding carboxylic acids is 1. The van der Waals surface area contributed by atoms with Crippen molar-refractivity contribution in [3.05, 3.63) is 0 Å². The van der Waals surface area contributed by atoms with Crippen LogP contribution in [0, 0.1) is 5.92 Å². The highest BCUT2D eigenvalue weighted by atomic mass is 19.4. The molecule has 0 aromatic heterocycles. The van der Waals surface area contributed by atoms with Crippen LogP contribution in [0.25, 0.3) is 0 Å². The molecule has 0 aromatic rings. The largest absolute Gasteiger partial charge is 0.446 e. The van der Waals surface area contributed by atoms with Gasteiger partial charge in [0, 0.05) is 0 Å². The van der Waals surface area contributed by atoms with E-state index in [9.17, 15) is 31.1 Å². The Labute approximate surface area is 124 Å². The minimum atomic E-state index is -5.67. The molecule has 2 unspecified atom stereocenters. The van der Waals surface area contributed by atoms with Crippen LogP contribution < -0.4 is 5.32 Å². The van der Waals surface area contributed by atoms with Gasteiger partial charge in [-0.3, -0.25) is 5.32 Å². The summed E-state index contributed by atoms with van der Waals surface area (Å²) in [5, 5.41) is 1.02. The Morgan fingerprint density at radius 1 is 1.09 bits per heavy atom. The highest BCUT2D eigenvalue weighted by molar-refractivity contribution is 5.69. The normalized spacial score (nSPS) is 24.0. The lowest BCUT2D eigenvalue weighted by Gasteiger charge is -2.37. The smallest absolute Gasteiger partial charge is 0.420 e. The molecule has 1 rings (SSSR count). The molecule has 9 heteroatoms. The molecule has 0 aromatic carbocycles. The van der Waals surface area contributed by atoms with E-state index in [4.69, 9.17) is 4.74 Å². The number of alkyl halides is 6. The first-order valence-electron chi connectivity index (χ1n) is 7.07. The summed E-state index contributed by atoms with van der Waals surface area (Å²) in [6.07, 6.45) is -12.3. The van der Waals surface area contributed by atoms with Gasteiger partial charge in [0.1, 0.15) is 6.10 Å². The molecule has 0 saturated heterocycles. The van der Waals surface area contributed by atoms with Gasteiger partial charge in [-0.25, -0.2) is 4.79 Å². The molecule has 22 heavy (non-hydrogen) atoms. The fraction of sp³-hybridized carbons (Fsp3) is 0.923. The summed E-state index contributed by atoms with van der Waals surface area (Å²) < 4.78 is 82.2. The van der Waals surface area contributed by atoms with Crippen molar-refractivity contribution in [3.63, 3.8) is 0 Å². The van der Waals surface area contributed by atoms with Gasteiger partial charge in [-0.1, -0.05) is 20.3 Å². The fourth-order valence-corrected chi connectivity index (χ4v) is 2.59. The lowest BCUT2D eigenvalue weighted by molar-refractivity contribution is -0.305. The topological polar surface area (TPSA) is 38.3 Å². The van der Waals surface area contributed by atoms with Crippen molar-refractivity contribution >= 4 is 6.09 Å². The van der Waals surface area contributed by atoms with Crippen LogP contribution in [0.5, 0.6) is 0 Å². The summed E-state index contributed by atoms with van der Waals surface area (Å²) in [7, 11) is 0. The number of halogens is 6. The van der Waals surface area contributed by atoms with Crippen LogP contribution in [0.3, 0.4) is 0 Å². The van der Waals surface area contributed by atoms with Crippen LogP contribution in [0.1, 0.15) is 46.0 Å². The number of rotatable bonds is 3. The molecule has 2 atom stereocenters. The van der Waals surface area contributed by atoms with E-state index < -0.39 is 36.5 Å². The summed E-state index contributed by atoms with van der Waals surface area (Å²) >= 11 is 0. The van der Waals surface area contributed by atoms with Gasteiger partial charge in [0.05, 0.1) is 0 Å². The summed E-state index contributed by atoms with van der Waals surface area (Å²) in [6, 6.07) is 0. The van der Waals surface area contributed by atoms with E-state index in [1.54, 1.807) is 6.92 Å². The lowest BCUT2D eigenvalue weighted by Crippen LogP contribution is -2.67. The van der Waals surface area contributed by atoms with Gasteiger partial charge in [-0.2, -0.15) is 26.3 Å². The van der Waals surface area contributed by atoms with E-state index in [1.165, 1.54) is 0 Å². The minimum absolute atomic E-state index is 0.0905. The molecule has 1 N–H and O–H groups in total. The molecule has 1 fully saturated rings. The maximum absolute atomic E-state index is 12.9. The number of alkyl carbamates (subject to hydrolysis) is 1. The maximum atomic E-state index is 12.9. The lowest BCUT2D eigenvalue weighted by atomic mass is 9.88. The third-order valence-corrected chi connectivity index (χ3v) is 4.10. The third kappa shape index (κ3) is 3.78. The van der Waals surface area contributed by atoms with Crippen molar-refractivity contribution in [2.45, 2.75) is 69.9 Å². The van der Waals surface area contributed by atoms with E-state index in [2.05, 4.69) is 0 Å². The van der Waals surface area contributed by atoms with Gasteiger partial charge in [0.2, 0.25) is 5.54 Å². The standard InChI is InChI=1S/C13H19F6NO2/c1-3-11(12(14,15)16,13(17,18)19)20-10(21)22-9-7-5-4-6-8(9)2/h8-9H,3-7H2,1-2H3,(H,20,21). The minimum Gasteiger partial charge on any atom is -0.446 e. The Morgan fingerprint density at radius 3 is 2.00 bits per heavy atom. The molecule has 0 heterocycles. The first-order valence-corrected chi connectivity index (χ1v) is 7.07. The molecule has 0 bridgehead atoms. The highest BCUT2D eigenvalue weighted by Crippen LogP contribution is 2.45. The van der Waals surface area contributed by atoms with E-state index in [1.807, 2.05) is 0 Å². The van der Waals surface area contributed by atoms with Crippen molar-refractivity contribution in [3.8, 4) is 0 Å². The number of carbonyl (C=O) groups is 1. The van der Waals surface area contributed by atoms with Crippen molar-refractivity contribution in [2.24, 2.45) is 5.92 Å². The second kappa shape index (κ2) is 6.54. The fourth-order valence-electron chi connectivity index (χ4n) is 2.59. The average molecular weight is 335 g/mol. The van der Waals surface area contributed by atoms with E-state index in [-0.39, 0.29) is 5.92 Å². The first kappa shape index (κ1) is 18.9. The molecule has 0 radical (unpaired) electrons. The number of ether oxygens (including phenoxy) is 1. The molecule has 0 spiro atoms. The maximum Gasteiger partial charge on any atom is 0.420 e. The third-order valence-electron chi connectivity index (χ3n) is 4.10. The van der Waals surface area contributed by atoms with Crippen LogP contribution in [0.4, 0.5) is 31.1 Å². The summed E-state index contributed by atoms with van der Waals surface area (Å²) in [4.78, 5) is 11.6.